The van der Waals surface area contributed by atoms with Gasteiger partial charge in [0, 0.05) is 17.8 Å². The topological polar surface area (TPSA) is 129 Å². The number of hydrogen-bond acceptors (Lipinski definition) is 8. The Labute approximate surface area is 159 Å². The lowest BCUT2D eigenvalue weighted by atomic mass is 10.2. The summed E-state index contributed by atoms with van der Waals surface area (Å²) >= 11 is 6.00. The first-order valence-corrected chi connectivity index (χ1v) is 8.19. The monoisotopic (exact) mass is 386 g/mol. The van der Waals surface area contributed by atoms with Gasteiger partial charge >= 0.3 is 0 Å². The zero-order valence-electron chi connectivity index (χ0n) is 14.2. The van der Waals surface area contributed by atoms with Crippen molar-refractivity contribution in [2.24, 2.45) is 0 Å². The van der Waals surface area contributed by atoms with E-state index in [-0.39, 0.29) is 40.8 Å². The Kier molecular flexibility index (Phi) is 5.32. The highest BCUT2D eigenvalue weighted by Crippen LogP contribution is 2.29. The second kappa shape index (κ2) is 7.83. The van der Waals surface area contributed by atoms with Crippen molar-refractivity contribution >= 4 is 34.9 Å². The Bertz CT molecular complexity index is 981. The average Bonchev–Trinajstić information content (AvgIpc) is 2.62. The molecule has 3 rings (SSSR count). The van der Waals surface area contributed by atoms with E-state index in [0.717, 1.165) is 11.3 Å². The van der Waals surface area contributed by atoms with Gasteiger partial charge < -0.3 is 15.8 Å². The van der Waals surface area contributed by atoms with Crippen LogP contribution in [0.1, 0.15) is 11.4 Å². The molecule has 0 atom stereocenters. The zero-order chi connectivity index (χ0) is 19.4. The van der Waals surface area contributed by atoms with Crippen LogP contribution in [0.4, 0.5) is 23.3 Å². The molecule has 0 aliphatic rings. The van der Waals surface area contributed by atoms with Gasteiger partial charge in [0.2, 0.25) is 11.9 Å². The van der Waals surface area contributed by atoms with Crippen molar-refractivity contribution in [3.63, 3.8) is 0 Å². The Morgan fingerprint density at radius 3 is 2.59 bits per heavy atom. The number of hydrogen-bond donors (Lipinski definition) is 2. The normalized spacial score (nSPS) is 10.4. The fourth-order valence-corrected chi connectivity index (χ4v) is 2.42. The average molecular weight is 387 g/mol. The second-order valence-corrected chi connectivity index (χ2v) is 5.99. The number of nitrogens with zero attached hydrogens (tertiary/aromatic N) is 4. The van der Waals surface area contributed by atoms with Crippen LogP contribution in [0.5, 0.6) is 5.75 Å². The summed E-state index contributed by atoms with van der Waals surface area (Å²) in [5, 5.41) is 13.9. The van der Waals surface area contributed by atoms with Gasteiger partial charge in [-0.1, -0.05) is 29.3 Å². The van der Waals surface area contributed by atoms with Gasteiger partial charge in [0.15, 0.2) is 5.82 Å². The maximum atomic E-state index is 10.7. The van der Waals surface area contributed by atoms with Crippen molar-refractivity contribution in [3.8, 4) is 5.75 Å². The molecule has 0 fully saturated rings. The van der Waals surface area contributed by atoms with Gasteiger partial charge in [-0.15, -0.1) is 0 Å². The number of benzene rings is 2. The van der Waals surface area contributed by atoms with Crippen LogP contribution in [-0.2, 0) is 6.61 Å². The first-order chi connectivity index (χ1) is 12.9. The smallest absolute Gasteiger partial charge is 0.271 e. The number of nitrogens with one attached hydrogen (secondary N) is 1. The molecule has 0 aliphatic heterocycles. The first-order valence-electron chi connectivity index (χ1n) is 7.81. The minimum Gasteiger partial charge on any atom is -0.484 e. The molecule has 0 bridgehead atoms. The predicted octanol–water partition coefficient (Wildman–Crippen LogP) is 3.65. The number of nitrogen functional groups attached to an aromatic ring is 1. The summed E-state index contributed by atoms with van der Waals surface area (Å²) in [6, 6.07) is 11.6. The van der Waals surface area contributed by atoms with Gasteiger partial charge in [0.05, 0.1) is 9.95 Å². The number of halogens is 1. The molecule has 27 heavy (non-hydrogen) atoms. The van der Waals surface area contributed by atoms with Gasteiger partial charge in [0.25, 0.3) is 5.69 Å². The Hall–Kier alpha value is -3.46. The molecule has 138 valence electrons. The van der Waals surface area contributed by atoms with Crippen molar-refractivity contribution in [2.45, 2.75) is 13.5 Å². The summed E-state index contributed by atoms with van der Waals surface area (Å²) in [6.07, 6.45) is 0. The third-order valence-corrected chi connectivity index (χ3v) is 3.79. The van der Waals surface area contributed by atoms with Gasteiger partial charge in [-0.2, -0.15) is 15.0 Å². The van der Waals surface area contributed by atoms with E-state index in [4.69, 9.17) is 22.1 Å². The lowest BCUT2D eigenvalue weighted by Gasteiger charge is -2.09. The molecule has 0 amide bonds. The molecule has 0 unspecified atom stereocenters. The quantitative estimate of drug-likeness (QED) is 0.485. The first kappa shape index (κ1) is 18.3. The van der Waals surface area contributed by atoms with E-state index in [2.05, 4.69) is 20.3 Å². The van der Waals surface area contributed by atoms with Crippen molar-refractivity contribution in [1.29, 1.82) is 0 Å². The van der Waals surface area contributed by atoms with Crippen LogP contribution in [0.25, 0.3) is 0 Å². The van der Waals surface area contributed by atoms with Crippen LogP contribution in [0.15, 0.2) is 42.5 Å². The van der Waals surface area contributed by atoms with Crippen LogP contribution in [-0.4, -0.2) is 19.9 Å². The highest BCUT2D eigenvalue weighted by atomic mass is 35.5. The fraction of sp³-hybridized carbons (Fsp3) is 0.118. The van der Waals surface area contributed by atoms with Gasteiger partial charge in [-0.05, 0) is 25.1 Å². The molecule has 1 aromatic heterocycles. The molecule has 0 aliphatic carbocycles. The molecular weight excluding hydrogens is 372 g/mol. The molecule has 1 heterocycles. The van der Waals surface area contributed by atoms with Crippen LogP contribution >= 0.6 is 11.6 Å². The van der Waals surface area contributed by atoms with Crippen molar-refractivity contribution in [1.82, 2.24) is 15.0 Å². The minimum absolute atomic E-state index is 0.0349. The highest BCUT2D eigenvalue weighted by molar-refractivity contribution is 6.32. The summed E-state index contributed by atoms with van der Waals surface area (Å²) in [5.41, 5.74) is 7.54. The fourth-order valence-electron chi connectivity index (χ4n) is 2.19. The van der Waals surface area contributed by atoms with E-state index in [9.17, 15) is 10.1 Å². The van der Waals surface area contributed by atoms with Gasteiger partial charge in [-0.25, -0.2) is 0 Å². The lowest BCUT2D eigenvalue weighted by Crippen LogP contribution is -2.09. The number of nitro groups is 1. The van der Waals surface area contributed by atoms with Crippen LogP contribution in [0, 0.1) is 17.0 Å². The Balaban J connectivity index is 1.73. The van der Waals surface area contributed by atoms with Crippen LogP contribution < -0.4 is 15.8 Å². The summed E-state index contributed by atoms with van der Waals surface area (Å²) < 4.78 is 5.54. The third-order valence-electron chi connectivity index (χ3n) is 3.49. The van der Waals surface area contributed by atoms with Gasteiger partial charge in [0.1, 0.15) is 12.4 Å². The van der Waals surface area contributed by atoms with Crippen molar-refractivity contribution < 1.29 is 9.66 Å². The van der Waals surface area contributed by atoms with Crippen molar-refractivity contribution in [2.75, 3.05) is 11.1 Å². The van der Waals surface area contributed by atoms with E-state index < -0.39 is 4.92 Å². The molecule has 3 aromatic rings. The number of anilines is 3. The number of non-ortho nitro benzene ring substituents is 1. The number of aromatic nitrogens is 3. The summed E-state index contributed by atoms with van der Waals surface area (Å²) in [5.74, 6) is 0.869. The Morgan fingerprint density at radius 1 is 1.19 bits per heavy atom. The standard InChI is InChI=1S/C17H15ClN6O3/c1-10-2-4-11(5-3-10)20-17-22-15(21-16(19)23-17)9-27-14-7-6-12(24(25)26)8-13(14)18/h2-8H,9H2,1H3,(H3,19,20,21,22,23). The van der Waals surface area contributed by atoms with E-state index in [1.165, 1.54) is 18.2 Å². The summed E-state index contributed by atoms with van der Waals surface area (Å²) in [4.78, 5) is 22.5. The predicted molar refractivity (Wildman–Crippen MR) is 101 cm³/mol. The number of rotatable bonds is 6. The SMILES string of the molecule is Cc1ccc(Nc2nc(N)nc(COc3ccc([N+](=O)[O-])cc3Cl)n2)cc1. The van der Waals surface area contributed by atoms with Crippen LogP contribution in [0.3, 0.4) is 0 Å². The molecule has 0 saturated heterocycles. The number of aryl methyl sites for hydroxylation is 1. The number of ether oxygens (including phenoxy) is 1. The van der Waals surface area contributed by atoms with E-state index in [0.29, 0.717) is 0 Å². The van der Waals surface area contributed by atoms with Crippen molar-refractivity contribution in [3.05, 3.63) is 69.0 Å². The molecule has 3 N–H and O–H groups in total. The maximum absolute atomic E-state index is 10.7. The third kappa shape index (κ3) is 4.79. The maximum Gasteiger partial charge on any atom is 0.271 e. The summed E-state index contributed by atoms with van der Waals surface area (Å²) in [7, 11) is 0. The molecule has 0 spiro atoms. The second-order valence-electron chi connectivity index (χ2n) is 5.58. The Morgan fingerprint density at radius 2 is 1.93 bits per heavy atom. The van der Waals surface area contributed by atoms with E-state index in [1.54, 1.807) is 0 Å². The molecular formula is C17H15ClN6O3. The molecule has 0 saturated carbocycles. The molecule has 2 aromatic carbocycles. The van der Waals surface area contributed by atoms with Crippen LogP contribution in [0.2, 0.25) is 5.02 Å². The molecule has 9 nitrogen and oxygen atoms in total. The van der Waals surface area contributed by atoms with E-state index >= 15 is 0 Å². The van der Waals surface area contributed by atoms with Gasteiger partial charge in [-0.3, -0.25) is 10.1 Å². The summed E-state index contributed by atoms with van der Waals surface area (Å²) in [6.45, 7) is 1.95. The molecule has 0 radical (unpaired) electrons. The number of nitro benzene ring substituents is 1. The molecule has 10 heteroatoms. The largest absolute Gasteiger partial charge is 0.484 e. The van der Waals surface area contributed by atoms with E-state index in [1.807, 2.05) is 31.2 Å². The highest BCUT2D eigenvalue weighted by Gasteiger charge is 2.12. The number of nitrogens with two attached hydrogens (primary N) is 1. The minimum atomic E-state index is -0.536. The zero-order valence-corrected chi connectivity index (χ0v) is 15.0. The lowest BCUT2D eigenvalue weighted by molar-refractivity contribution is -0.384.